The third-order valence-corrected chi connectivity index (χ3v) is 3.22. The summed E-state index contributed by atoms with van der Waals surface area (Å²) in [6.07, 6.45) is 4.32. The van der Waals surface area contributed by atoms with Gasteiger partial charge in [-0.1, -0.05) is 50.1 Å². The highest BCUT2D eigenvalue weighted by Crippen LogP contribution is 2.23. The molecule has 0 unspecified atom stereocenters. The first kappa shape index (κ1) is 20.3. The highest BCUT2D eigenvalue weighted by molar-refractivity contribution is 5.48. The van der Waals surface area contributed by atoms with Gasteiger partial charge in [0.25, 0.3) is 0 Å². The molecule has 0 bridgehead atoms. The van der Waals surface area contributed by atoms with Gasteiger partial charge in [-0.3, -0.25) is 0 Å². The van der Waals surface area contributed by atoms with Crippen molar-refractivity contribution in [1.29, 1.82) is 0 Å². The second-order valence-electron chi connectivity index (χ2n) is 5.63. The summed E-state index contributed by atoms with van der Waals surface area (Å²) in [4.78, 5) is 0. The summed E-state index contributed by atoms with van der Waals surface area (Å²) in [6, 6.07) is 2.78. The Morgan fingerprint density at radius 2 is 1.72 bits per heavy atom. The van der Waals surface area contributed by atoms with Gasteiger partial charge in [0.05, 0.1) is 0 Å². The minimum absolute atomic E-state index is 0.0558. The lowest BCUT2D eigenvalue weighted by Crippen LogP contribution is -2.02. The Kier molecular flexibility index (Phi) is 7.24. The topological polar surface area (TPSA) is 9.23 Å². The molecular weight excluding hydrogens is 325 g/mol. The maximum atomic E-state index is 13.8. The van der Waals surface area contributed by atoms with E-state index in [1.807, 2.05) is 0 Å². The number of aryl methyl sites for hydroxylation is 1. The minimum Gasteiger partial charge on any atom is -0.486 e. The van der Waals surface area contributed by atoms with Crippen molar-refractivity contribution in [1.82, 2.24) is 0 Å². The maximum absolute atomic E-state index is 13.8. The normalized spacial score (nSPS) is 11.5. The van der Waals surface area contributed by atoms with Gasteiger partial charge < -0.3 is 4.74 Å². The molecule has 4 heteroatoms. The van der Waals surface area contributed by atoms with Crippen LogP contribution in [-0.4, -0.2) is 6.61 Å². The van der Waals surface area contributed by atoms with E-state index in [0.717, 1.165) is 0 Å². The molecule has 0 aliphatic carbocycles. The summed E-state index contributed by atoms with van der Waals surface area (Å²) in [7, 11) is 0. The molecule has 132 valence electrons. The van der Waals surface area contributed by atoms with Crippen LogP contribution < -0.4 is 4.74 Å². The van der Waals surface area contributed by atoms with Gasteiger partial charge in [-0.25, -0.2) is 8.78 Å². The lowest BCUT2D eigenvalue weighted by molar-refractivity contribution is 0.326. The largest absolute Gasteiger partial charge is 0.486 e. The first-order chi connectivity index (χ1) is 11.6. The van der Waals surface area contributed by atoms with Crippen LogP contribution in [0.3, 0.4) is 0 Å². The third kappa shape index (κ3) is 5.99. The number of benzene rings is 1. The first-order valence-electron chi connectivity index (χ1n) is 7.48. The molecule has 1 aromatic carbocycles. The van der Waals surface area contributed by atoms with E-state index in [1.54, 1.807) is 13.0 Å². The second-order valence-corrected chi connectivity index (χ2v) is 5.63. The monoisotopic (exact) mass is 346 g/mol. The number of hydrogen-bond acceptors (Lipinski definition) is 1. The molecule has 0 heterocycles. The van der Waals surface area contributed by atoms with Gasteiger partial charge in [0.1, 0.15) is 12.4 Å². The standard InChI is InChI=1S/C21H21F3O/c1-13(2)11-18(22)17(6)15(4)8-7-14(3)12-25-19-10-9-16(5)20(23)21(19)24/h7-11H,1,3-4,6,12H2,2,5H3/b8-7-,18-11+. The molecule has 0 atom stereocenters. The molecule has 0 aliphatic rings. The summed E-state index contributed by atoms with van der Waals surface area (Å²) in [6.45, 7) is 17.7. The Morgan fingerprint density at radius 1 is 1.08 bits per heavy atom. The molecule has 0 amide bonds. The molecule has 0 saturated carbocycles. The van der Waals surface area contributed by atoms with Gasteiger partial charge in [0.2, 0.25) is 5.82 Å². The maximum Gasteiger partial charge on any atom is 0.200 e. The van der Waals surface area contributed by atoms with Crippen molar-refractivity contribution in [3.63, 3.8) is 0 Å². The Morgan fingerprint density at radius 3 is 2.32 bits per heavy atom. The molecule has 0 aliphatic heterocycles. The van der Waals surface area contributed by atoms with Crippen LogP contribution in [0.5, 0.6) is 5.75 Å². The SMILES string of the molecule is C=C(C)/C=C(/F)C(=C)C(=C)/C=C\C(=C)COc1ccc(C)c(F)c1F. The molecule has 1 nitrogen and oxygen atoms in total. The highest BCUT2D eigenvalue weighted by Gasteiger charge is 2.12. The van der Waals surface area contributed by atoms with Crippen LogP contribution in [0.15, 0.2) is 84.8 Å². The van der Waals surface area contributed by atoms with E-state index < -0.39 is 17.5 Å². The Labute approximate surface area is 146 Å². The van der Waals surface area contributed by atoms with Gasteiger partial charge in [0.15, 0.2) is 11.6 Å². The highest BCUT2D eigenvalue weighted by atomic mass is 19.2. The number of rotatable bonds is 8. The molecule has 25 heavy (non-hydrogen) atoms. The second kappa shape index (κ2) is 8.92. The van der Waals surface area contributed by atoms with Crippen molar-refractivity contribution in [3.8, 4) is 5.75 Å². The fourth-order valence-electron chi connectivity index (χ4n) is 1.73. The van der Waals surface area contributed by atoms with Gasteiger partial charge in [-0.15, -0.1) is 0 Å². The van der Waals surface area contributed by atoms with Gasteiger partial charge in [-0.05, 0) is 42.7 Å². The number of halogens is 3. The van der Waals surface area contributed by atoms with Crippen LogP contribution in [0.2, 0.25) is 0 Å². The molecule has 0 spiro atoms. The lowest BCUT2D eigenvalue weighted by Gasteiger charge is -2.09. The molecule has 0 aromatic heterocycles. The van der Waals surface area contributed by atoms with Crippen molar-refractivity contribution >= 4 is 0 Å². The van der Waals surface area contributed by atoms with Crippen LogP contribution in [0.1, 0.15) is 12.5 Å². The lowest BCUT2D eigenvalue weighted by atomic mass is 10.1. The average Bonchev–Trinajstić information content (AvgIpc) is 2.55. The third-order valence-electron chi connectivity index (χ3n) is 3.22. The number of ether oxygens (including phenoxy) is 1. The first-order valence-corrected chi connectivity index (χ1v) is 7.48. The van der Waals surface area contributed by atoms with Crippen LogP contribution in [-0.2, 0) is 0 Å². The zero-order valence-corrected chi connectivity index (χ0v) is 14.5. The summed E-state index contributed by atoms with van der Waals surface area (Å²) >= 11 is 0. The predicted molar refractivity (Wildman–Crippen MR) is 97.2 cm³/mol. The number of hydrogen-bond donors (Lipinski definition) is 0. The number of allylic oxidation sites excluding steroid dienone is 6. The van der Waals surface area contributed by atoms with Crippen LogP contribution in [0.25, 0.3) is 0 Å². The Balaban J connectivity index is 2.67. The molecule has 0 saturated heterocycles. The van der Waals surface area contributed by atoms with Crippen molar-refractivity contribution in [2.75, 3.05) is 6.61 Å². The van der Waals surface area contributed by atoms with Gasteiger partial charge in [-0.2, -0.15) is 4.39 Å². The predicted octanol–water partition coefficient (Wildman–Crippen LogP) is 6.31. The quantitative estimate of drug-likeness (QED) is 0.501. The van der Waals surface area contributed by atoms with Crippen molar-refractivity contribution in [2.45, 2.75) is 13.8 Å². The zero-order chi connectivity index (χ0) is 19.1. The van der Waals surface area contributed by atoms with E-state index in [4.69, 9.17) is 4.74 Å². The Bertz CT molecular complexity index is 783. The molecule has 1 aromatic rings. The summed E-state index contributed by atoms with van der Waals surface area (Å²) in [5, 5.41) is 0. The van der Waals surface area contributed by atoms with E-state index in [0.29, 0.717) is 16.7 Å². The smallest absolute Gasteiger partial charge is 0.200 e. The van der Waals surface area contributed by atoms with Crippen molar-refractivity contribution < 1.29 is 17.9 Å². The van der Waals surface area contributed by atoms with E-state index in [2.05, 4.69) is 26.3 Å². The van der Waals surface area contributed by atoms with Crippen molar-refractivity contribution in [2.24, 2.45) is 0 Å². The van der Waals surface area contributed by atoms with Crippen LogP contribution in [0.4, 0.5) is 13.2 Å². The van der Waals surface area contributed by atoms with Crippen LogP contribution in [0, 0.1) is 18.6 Å². The van der Waals surface area contributed by atoms with E-state index >= 15 is 0 Å². The fourth-order valence-corrected chi connectivity index (χ4v) is 1.73. The fraction of sp³-hybridized carbons (Fsp3) is 0.143. The van der Waals surface area contributed by atoms with Gasteiger partial charge in [0, 0.05) is 5.57 Å². The van der Waals surface area contributed by atoms with E-state index in [1.165, 1.54) is 31.2 Å². The summed E-state index contributed by atoms with van der Waals surface area (Å²) in [5.74, 6) is -2.71. The van der Waals surface area contributed by atoms with E-state index in [-0.39, 0.29) is 23.5 Å². The molecule has 1 rings (SSSR count). The zero-order valence-electron chi connectivity index (χ0n) is 14.5. The van der Waals surface area contributed by atoms with Crippen molar-refractivity contribution in [3.05, 3.63) is 102 Å². The molecule has 0 N–H and O–H groups in total. The Hall–Kier alpha value is -2.75. The average molecular weight is 346 g/mol. The van der Waals surface area contributed by atoms with E-state index in [9.17, 15) is 13.2 Å². The van der Waals surface area contributed by atoms with Gasteiger partial charge >= 0.3 is 0 Å². The molecule has 0 fully saturated rings. The summed E-state index contributed by atoms with van der Waals surface area (Å²) < 4.78 is 46.2. The van der Waals surface area contributed by atoms with Crippen LogP contribution >= 0.6 is 0 Å². The minimum atomic E-state index is -1.04. The molecular formula is C21H21F3O. The molecule has 0 radical (unpaired) electrons. The summed E-state index contributed by atoms with van der Waals surface area (Å²) in [5.41, 5.74) is 1.70.